The van der Waals surface area contributed by atoms with E-state index in [1.807, 2.05) is 35.6 Å². The lowest BCUT2D eigenvalue weighted by Gasteiger charge is -2.05. The van der Waals surface area contributed by atoms with E-state index in [9.17, 15) is 15.0 Å². The van der Waals surface area contributed by atoms with E-state index in [-0.39, 0.29) is 10.7 Å². The van der Waals surface area contributed by atoms with Gasteiger partial charge in [0, 0.05) is 15.6 Å². The summed E-state index contributed by atoms with van der Waals surface area (Å²) in [6.45, 7) is 1.93. The molecule has 0 atom stereocenters. The molecule has 1 heterocycles. The van der Waals surface area contributed by atoms with E-state index in [1.54, 1.807) is 6.07 Å². The van der Waals surface area contributed by atoms with Crippen LogP contribution in [0.1, 0.15) is 18.3 Å². The van der Waals surface area contributed by atoms with Crippen LogP contribution in [-0.2, 0) is 11.2 Å². The first kappa shape index (κ1) is 17.5. The van der Waals surface area contributed by atoms with Gasteiger partial charge in [0.05, 0.1) is 3.57 Å². The number of aromatic nitrogens is 3. The number of aromatic amines is 1. The van der Waals surface area contributed by atoms with E-state index in [1.165, 1.54) is 6.08 Å². The second kappa shape index (κ2) is 7.64. The summed E-state index contributed by atoms with van der Waals surface area (Å²) in [5, 5.41) is 26.5. The van der Waals surface area contributed by atoms with E-state index >= 15 is 0 Å². The largest absolute Gasteiger partial charge is 0.506 e. The van der Waals surface area contributed by atoms with Crippen molar-refractivity contribution in [2.24, 2.45) is 0 Å². The molecular formula is C13H11I2N3O3S. The van der Waals surface area contributed by atoms with Crippen LogP contribution in [0.5, 0.6) is 5.75 Å². The number of carboxylic acids is 1. The predicted molar refractivity (Wildman–Crippen MR) is 101 cm³/mol. The number of aryl methyl sites for hydroxylation is 1. The highest BCUT2D eigenvalue weighted by molar-refractivity contribution is 14.1. The molecule has 0 amide bonds. The van der Waals surface area contributed by atoms with Crippen molar-refractivity contribution in [2.45, 2.75) is 18.5 Å². The number of hydrogen-bond donors (Lipinski definition) is 3. The highest BCUT2D eigenvalue weighted by Gasteiger charge is 2.15. The number of hydrogen-bond acceptors (Lipinski definition) is 5. The van der Waals surface area contributed by atoms with Crippen LogP contribution in [0.4, 0.5) is 0 Å². The van der Waals surface area contributed by atoms with Crippen molar-refractivity contribution in [3.8, 4) is 5.75 Å². The van der Waals surface area contributed by atoms with Crippen molar-refractivity contribution in [1.29, 1.82) is 0 Å². The Morgan fingerprint density at radius 2 is 2.18 bits per heavy atom. The molecule has 6 nitrogen and oxygen atoms in total. The number of H-pyrrole nitrogens is 1. The monoisotopic (exact) mass is 543 g/mol. The maximum atomic E-state index is 11.4. The summed E-state index contributed by atoms with van der Waals surface area (Å²) in [5.41, 5.74) is 0.451. The summed E-state index contributed by atoms with van der Waals surface area (Å²) < 4.78 is 1.57. The molecule has 0 spiro atoms. The number of aliphatic carboxylic acids is 1. The molecule has 0 unspecified atom stereocenters. The normalized spacial score (nSPS) is 11.7. The second-order valence-corrected chi connectivity index (χ2v) is 7.58. The van der Waals surface area contributed by atoms with Crippen LogP contribution in [0.25, 0.3) is 6.08 Å². The highest BCUT2D eigenvalue weighted by Crippen LogP contribution is 2.32. The Labute approximate surface area is 158 Å². The van der Waals surface area contributed by atoms with Crippen molar-refractivity contribution < 1.29 is 15.0 Å². The molecule has 0 aliphatic heterocycles. The molecule has 0 saturated carbocycles. The van der Waals surface area contributed by atoms with Gasteiger partial charge in [0.15, 0.2) is 0 Å². The summed E-state index contributed by atoms with van der Waals surface area (Å²) in [6.07, 6.45) is 2.12. The topological polar surface area (TPSA) is 99.1 Å². The number of thioether (sulfide) groups is 1. The minimum atomic E-state index is -1.10. The van der Waals surface area contributed by atoms with Crippen molar-refractivity contribution in [3.63, 3.8) is 0 Å². The number of aromatic hydroxyl groups is 1. The Bertz CT molecular complexity index is 746. The zero-order valence-corrected chi connectivity index (χ0v) is 16.4. The Hall–Kier alpha value is -0.820. The molecule has 116 valence electrons. The van der Waals surface area contributed by atoms with Gasteiger partial charge in [-0.05, 0) is 75.2 Å². The lowest BCUT2D eigenvalue weighted by atomic mass is 10.2. The lowest BCUT2D eigenvalue weighted by molar-refractivity contribution is -0.131. The molecule has 1 aromatic heterocycles. The first-order valence-electron chi connectivity index (χ1n) is 6.12. The Morgan fingerprint density at radius 1 is 1.45 bits per heavy atom. The third-order valence-corrected chi connectivity index (χ3v) is 4.93. The van der Waals surface area contributed by atoms with Crippen molar-refractivity contribution in [2.75, 3.05) is 0 Å². The maximum Gasteiger partial charge on any atom is 0.342 e. The van der Waals surface area contributed by atoms with Gasteiger partial charge in [-0.25, -0.2) is 9.78 Å². The highest BCUT2D eigenvalue weighted by atomic mass is 127. The second-order valence-electron chi connectivity index (χ2n) is 4.16. The van der Waals surface area contributed by atoms with Crippen LogP contribution in [0.3, 0.4) is 0 Å². The van der Waals surface area contributed by atoms with E-state index in [4.69, 9.17) is 0 Å². The van der Waals surface area contributed by atoms with E-state index in [0.29, 0.717) is 26.5 Å². The maximum absolute atomic E-state index is 11.4. The molecule has 22 heavy (non-hydrogen) atoms. The molecule has 2 aromatic rings. The number of benzene rings is 1. The van der Waals surface area contributed by atoms with Crippen LogP contribution < -0.4 is 0 Å². The zero-order valence-electron chi connectivity index (χ0n) is 11.3. The number of nitrogens with one attached hydrogen (secondary N) is 1. The fourth-order valence-electron chi connectivity index (χ4n) is 1.55. The number of phenolic OH excluding ortho intramolecular Hbond substituents is 1. The average molecular weight is 543 g/mol. The lowest BCUT2D eigenvalue weighted by Crippen LogP contribution is -1.98. The van der Waals surface area contributed by atoms with Crippen LogP contribution >= 0.6 is 56.9 Å². The van der Waals surface area contributed by atoms with E-state index in [0.717, 1.165) is 15.3 Å². The van der Waals surface area contributed by atoms with Crippen LogP contribution in [0, 0.1) is 7.14 Å². The molecule has 0 saturated heterocycles. The standard InChI is InChI=1S/C13H11I2N3O3S/c1-2-10-16-13(18-17-10)22-9(12(20)21)4-6-3-7(14)5-8(15)11(6)19/h3-5,19H,2H2,1H3,(H,20,21)(H,16,17,18)/b9-4-. The summed E-state index contributed by atoms with van der Waals surface area (Å²) in [4.78, 5) is 15.6. The van der Waals surface area contributed by atoms with Gasteiger partial charge < -0.3 is 10.2 Å². The fourth-order valence-corrected chi connectivity index (χ4v) is 4.16. The van der Waals surface area contributed by atoms with Gasteiger partial charge in [-0.3, -0.25) is 5.10 Å². The summed E-state index contributed by atoms with van der Waals surface area (Å²) in [5.74, 6) is -0.343. The molecule has 0 aliphatic carbocycles. The SMILES string of the molecule is CCc1nc(S/C(=C\c2cc(I)cc(I)c2O)C(=O)O)n[nH]1. The zero-order chi connectivity index (χ0) is 16.3. The van der Waals surface area contributed by atoms with Crippen molar-refractivity contribution in [3.05, 3.63) is 35.6 Å². The number of phenols is 1. The van der Waals surface area contributed by atoms with E-state index in [2.05, 4.69) is 37.8 Å². The van der Waals surface area contributed by atoms with Crippen LogP contribution in [0.2, 0.25) is 0 Å². The minimum Gasteiger partial charge on any atom is -0.506 e. The van der Waals surface area contributed by atoms with Crippen LogP contribution in [-0.4, -0.2) is 31.4 Å². The summed E-state index contributed by atoms with van der Waals surface area (Å²) in [7, 11) is 0. The van der Waals surface area contributed by atoms with Gasteiger partial charge >= 0.3 is 5.97 Å². The fraction of sp³-hybridized carbons (Fsp3) is 0.154. The third kappa shape index (κ3) is 4.35. The van der Waals surface area contributed by atoms with E-state index < -0.39 is 5.97 Å². The number of rotatable bonds is 5. The molecule has 9 heteroatoms. The quantitative estimate of drug-likeness (QED) is 0.304. The molecule has 2 rings (SSSR count). The number of nitrogens with zero attached hydrogens (tertiary/aromatic N) is 2. The number of halogens is 2. The first-order chi connectivity index (χ1) is 10.4. The summed E-state index contributed by atoms with van der Waals surface area (Å²) >= 11 is 5.06. The van der Waals surface area contributed by atoms with Gasteiger partial charge in [0.2, 0.25) is 5.16 Å². The van der Waals surface area contributed by atoms with Crippen molar-refractivity contribution >= 4 is 69.0 Å². The molecule has 0 fully saturated rings. The Kier molecular flexibility index (Phi) is 6.09. The van der Waals surface area contributed by atoms with Crippen LogP contribution in [0.15, 0.2) is 22.2 Å². The summed E-state index contributed by atoms with van der Waals surface area (Å²) in [6, 6.07) is 3.53. The molecule has 1 aromatic carbocycles. The van der Waals surface area contributed by atoms with Gasteiger partial charge in [-0.15, -0.1) is 5.10 Å². The van der Waals surface area contributed by atoms with Gasteiger partial charge in [-0.2, -0.15) is 0 Å². The first-order valence-corrected chi connectivity index (χ1v) is 9.10. The average Bonchev–Trinajstić information content (AvgIpc) is 2.91. The predicted octanol–water partition coefficient (Wildman–Crippen LogP) is 3.50. The smallest absolute Gasteiger partial charge is 0.342 e. The number of carboxylic acid groups (broad SMARTS) is 1. The van der Waals surface area contributed by atoms with Crippen molar-refractivity contribution in [1.82, 2.24) is 15.2 Å². The van der Waals surface area contributed by atoms with Gasteiger partial charge in [0.1, 0.15) is 16.5 Å². The minimum absolute atomic E-state index is 0.0368. The van der Waals surface area contributed by atoms with Gasteiger partial charge in [0.25, 0.3) is 0 Å². The Morgan fingerprint density at radius 3 is 2.77 bits per heavy atom. The third-order valence-electron chi connectivity index (χ3n) is 2.60. The molecule has 0 aliphatic rings. The number of carbonyl (C=O) groups is 1. The van der Waals surface area contributed by atoms with Gasteiger partial charge in [-0.1, -0.05) is 6.92 Å². The molecule has 0 bridgehead atoms. The molecular weight excluding hydrogens is 532 g/mol. The molecule has 0 radical (unpaired) electrons. The Balaban J connectivity index is 2.37. The molecule has 3 N–H and O–H groups in total.